The molecule has 0 spiro atoms. The molecule has 0 unspecified atom stereocenters. The van der Waals surface area contributed by atoms with Gasteiger partial charge in [0.15, 0.2) is 5.82 Å². The van der Waals surface area contributed by atoms with Crippen LogP contribution in [0, 0.1) is 6.92 Å². The fraction of sp³-hybridized carbons (Fsp3) is 0.435. The summed E-state index contributed by atoms with van der Waals surface area (Å²) in [4.78, 5) is 12.7. The van der Waals surface area contributed by atoms with E-state index in [4.69, 9.17) is 0 Å². The van der Waals surface area contributed by atoms with E-state index >= 15 is 0 Å². The van der Waals surface area contributed by atoms with E-state index in [2.05, 4.69) is 47.0 Å². The van der Waals surface area contributed by atoms with Gasteiger partial charge in [0.2, 0.25) is 0 Å². The van der Waals surface area contributed by atoms with Crippen molar-refractivity contribution in [2.45, 2.75) is 46.5 Å². The number of hydrogen-bond donors (Lipinski definition) is 0. The molecule has 1 aliphatic heterocycles. The standard InChI is InChI=1S/C17H20N6.C6H14/c1-12-9-23(15-7-20-22(5)10-15)14(3)16(12)11-21(4)17-8-18-13(2)6-19-17;1-3-5-6-4-2/h6-8,10-11H,1,3,9H2,2,4-5H3;3-6H2,1-2H3/b16-11+;. The molecule has 2 aromatic heterocycles. The Balaban J connectivity index is 0.000000438. The molecule has 0 saturated carbocycles. The lowest BCUT2D eigenvalue weighted by molar-refractivity contribution is 0.702. The Hall–Kier alpha value is -2.89. The fourth-order valence-electron chi connectivity index (χ4n) is 3.01. The third-order valence-electron chi connectivity index (χ3n) is 4.78. The quantitative estimate of drug-likeness (QED) is 0.644. The van der Waals surface area contributed by atoms with Crippen molar-refractivity contribution in [3.63, 3.8) is 0 Å². The van der Waals surface area contributed by atoms with Gasteiger partial charge in [-0.3, -0.25) is 9.67 Å². The van der Waals surface area contributed by atoms with Crippen molar-refractivity contribution in [1.82, 2.24) is 19.7 Å². The van der Waals surface area contributed by atoms with Gasteiger partial charge in [0, 0.05) is 44.3 Å². The third kappa shape index (κ3) is 6.04. The van der Waals surface area contributed by atoms with Gasteiger partial charge in [-0.05, 0) is 12.5 Å². The molecule has 0 amide bonds. The highest BCUT2D eigenvalue weighted by Crippen LogP contribution is 2.34. The molecule has 156 valence electrons. The van der Waals surface area contributed by atoms with E-state index in [1.54, 1.807) is 17.1 Å². The monoisotopic (exact) mass is 394 g/mol. The van der Waals surface area contributed by atoms with Crippen LogP contribution in [0.15, 0.2) is 61.0 Å². The first-order chi connectivity index (χ1) is 13.9. The molecular weight excluding hydrogens is 360 g/mol. The topological polar surface area (TPSA) is 50.1 Å². The van der Waals surface area contributed by atoms with Crippen molar-refractivity contribution in [2.24, 2.45) is 7.05 Å². The average molecular weight is 395 g/mol. The van der Waals surface area contributed by atoms with Crippen LogP contribution in [-0.4, -0.2) is 33.3 Å². The molecule has 2 aromatic rings. The zero-order valence-electron chi connectivity index (χ0n) is 18.5. The summed E-state index contributed by atoms with van der Waals surface area (Å²) in [6.45, 7) is 15.5. The molecular formula is C23H34N6. The normalized spacial score (nSPS) is 14.9. The predicted octanol–water partition coefficient (Wildman–Crippen LogP) is 5.02. The number of aromatic nitrogens is 4. The summed E-state index contributed by atoms with van der Waals surface area (Å²) < 4.78 is 1.78. The van der Waals surface area contributed by atoms with Crippen LogP contribution in [0.5, 0.6) is 0 Å². The van der Waals surface area contributed by atoms with Crippen LogP contribution in [0.4, 0.5) is 11.5 Å². The van der Waals surface area contributed by atoms with Gasteiger partial charge in [0.1, 0.15) is 0 Å². The lowest BCUT2D eigenvalue weighted by atomic mass is 10.1. The van der Waals surface area contributed by atoms with Gasteiger partial charge in [0.05, 0.1) is 30.0 Å². The van der Waals surface area contributed by atoms with Crippen LogP contribution in [0.25, 0.3) is 0 Å². The van der Waals surface area contributed by atoms with E-state index in [9.17, 15) is 0 Å². The second-order valence-electron chi connectivity index (χ2n) is 7.39. The van der Waals surface area contributed by atoms with Crippen LogP contribution in [-0.2, 0) is 7.05 Å². The first-order valence-electron chi connectivity index (χ1n) is 10.2. The summed E-state index contributed by atoms with van der Waals surface area (Å²) in [6.07, 6.45) is 14.8. The second kappa shape index (κ2) is 10.6. The van der Waals surface area contributed by atoms with Crippen molar-refractivity contribution in [1.29, 1.82) is 0 Å². The molecule has 6 nitrogen and oxygen atoms in total. The Morgan fingerprint density at radius 3 is 2.31 bits per heavy atom. The number of allylic oxidation sites excluding steroid dienone is 1. The Morgan fingerprint density at radius 1 is 1.10 bits per heavy atom. The molecule has 29 heavy (non-hydrogen) atoms. The minimum Gasteiger partial charge on any atom is -0.334 e. The molecule has 6 heteroatoms. The summed E-state index contributed by atoms with van der Waals surface area (Å²) in [5.41, 5.74) is 4.85. The van der Waals surface area contributed by atoms with Crippen LogP contribution in [0.1, 0.15) is 45.2 Å². The van der Waals surface area contributed by atoms with Gasteiger partial charge in [-0.1, -0.05) is 52.7 Å². The van der Waals surface area contributed by atoms with Crippen molar-refractivity contribution < 1.29 is 0 Å². The maximum Gasteiger partial charge on any atom is 0.150 e. The second-order valence-corrected chi connectivity index (χ2v) is 7.39. The van der Waals surface area contributed by atoms with Crippen LogP contribution in [0.3, 0.4) is 0 Å². The van der Waals surface area contributed by atoms with Crippen LogP contribution >= 0.6 is 0 Å². The van der Waals surface area contributed by atoms with E-state index < -0.39 is 0 Å². The summed E-state index contributed by atoms with van der Waals surface area (Å²) in [6, 6.07) is 0. The van der Waals surface area contributed by atoms with E-state index in [0.29, 0.717) is 6.54 Å². The van der Waals surface area contributed by atoms with Crippen molar-refractivity contribution in [2.75, 3.05) is 23.4 Å². The Morgan fingerprint density at radius 2 is 1.79 bits per heavy atom. The van der Waals surface area contributed by atoms with Crippen molar-refractivity contribution >= 4 is 11.5 Å². The number of anilines is 2. The number of rotatable bonds is 6. The molecule has 1 saturated heterocycles. The van der Waals surface area contributed by atoms with Crippen LogP contribution in [0.2, 0.25) is 0 Å². The summed E-state index contributed by atoms with van der Waals surface area (Å²) in [5, 5.41) is 4.22. The average Bonchev–Trinajstić information content (AvgIpc) is 3.25. The Kier molecular flexibility index (Phi) is 8.19. The highest BCUT2D eigenvalue weighted by Gasteiger charge is 2.26. The van der Waals surface area contributed by atoms with Gasteiger partial charge >= 0.3 is 0 Å². The largest absolute Gasteiger partial charge is 0.334 e. The zero-order chi connectivity index (χ0) is 21.4. The van der Waals surface area contributed by atoms with Crippen molar-refractivity contribution in [3.05, 3.63) is 66.7 Å². The first kappa shape index (κ1) is 22.4. The lowest BCUT2D eigenvalue weighted by Crippen LogP contribution is -2.16. The van der Waals surface area contributed by atoms with Gasteiger partial charge < -0.3 is 9.80 Å². The number of unbranched alkanes of at least 4 members (excludes halogenated alkanes) is 3. The zero-order valence-corrected chi connectivity index (χ0v) is 18.5. The predicted molar refractivity (Wildman–Crippen MR) is 122 cm³/mol. The van der Waals surface area contributed by atoms with Gasteiger partial charge in [-0.25, -0.2) is 4.98 Å². The van der Waals surface area contributed by atoms with Gasteiger partial charge in [-0.2, -0.15) is 5.10 Å². The Labute approximate surface area is 175 Å². The highest BCUT2D eigenvalue weighted by molar-refractivity contribution is 5.67. The molecule has 3 heterocycles. The summed E-state index contributed by atoms with van der Waals surface area (Å²) in [5.74, 6) is 0.781. The van der Waals surface area contributed by atoms with E-state index in [1.807, 2.05) is 44.5 Å². The highest BCUT2D eigenvalue weighted by atomic mass is 15.3. The van der Waals surface area contributed by atoms with Gasteiger partial charge in [0.25, 0.3) is 0 Å². The molecule has 0 aromatic carbocycles. The first-order valence-corrected chi connectivity index (χ1v) is 10.2. The van der Waals surface area contributed by atoms with E-state index in [-0.39, 0.29) is 0 Å². The van der Waals surface area contributed by atoms with E-state index in [1.165, 1.54) is 25.7 Å². The van der Waals surface area contributed by atoms with Crippen molar-refractivity contribution in [3.8, 4) is 0 Å². The maximum absolute atomic E-state index is 4.38. The summed E-state index contributed by atoms with van der Waals surface area (Å²) in [7, 11) is 3.84. The van der Waals surface area contributed by atoms with E-state index in [0.717, 1.165) is 34.0 Å². The number of aryl methyl sites for hydroxylation is 2. The molecule has 0 radical (unpaired) electrons. The molecule has 1 aliphatic rings. The SMILES string of the molecule is C=C1CN(c2cnn(C)c2)C(=C)/C1=C/N(C)c1cnc(C)cn1.CCCCCC. The minimum atomic E-state index is 0.712. The number of nitrogens with zero attached hydrogens (tertiary/aromatic N) is 6. The molecule has 0 atom stereocenters. The molecule has 0 aliphatic carbocycles. The van der Waals surface area contributed by atoms with Crippen LogP contribution < -0.4 is 9.80 Å². The molecule has 0 bridgehead atoms. The minimum absolute atomic E-state index is 0.712. The summed E-state index contributed by atoms with van der Waals surface area (Å²) >= 11 is 0. The smallest absolute Gasteiger partial charge is 0.150 e. The maximum atomic E-state index is 4.38. The molecule has 0 N–H and O–H groups in total. The third-order valence-corrected chi connectivity index (χ3v) is 4.78. The fourth-order valence-corrected chi connectivity index (χ4v) is 3.01. The molecule has 3 rings (SSSR count). The lowest BCUT2D eigenvalue weighted by Gasteiger charge is -2.17. The Bertz CT molecular complexity index is 843. The molecule has 1 fully saturated rings. The number of hydrogen-bond acceptors (Lipinski definition) is 5. The van der Waals surface area contributed by atoms with Gasteiger partial charge in [-0.15, -0.1) is 0 Å².